The molecule has 78 valence electrons. The minimum absolute atomic E-state index is 0.0374. The Balaban J connectivity index is 2.52. The van der Waals surface area contributed by atoms with Crippen LogP contribution in [0.25, 0.3) is 0 Å². The Morgan fingerprint density at radius 1 is 1.57 bits per heavy atom. The third-order valence-electron chi connectivity index (χ3n) is 1.85. The molecule has 0 unspecified atom stereocenters. The predicted octanol–water partition coefficient (Wildman–Crippen LogP) is 1.27. The van der Waals surface area contributed by atoms with Crippen LogP contribution in [-0.2, 0) is 9.53 Å². The molecule has 1 heterocycles. The smallest absolute Gasteiger partial charge is 0.252 e. The van der Waals surface area contributed by atoms with Crippen LogP contribution in [0.4, 0.5) is 5.88 Å². The van der Waals surface area contributed by atoms with Crippen LogP contribution < -0.4 is 5.32 Å². The van der Waals surface area contributed by atoms with Crippen molar-refractivity contribution in [1.82, 2.24) is 5.16 Å². The third-order valence-corrected chi connectivity index (χ3v) is 1.85. The van der Waals surface area contributed by atoms with Crippen LogP contribution in [-0.4, -0.2) is 24.3 Å². The van der Waals surface area contributed by atoms with Gasteiger partial charge in [-0.25, -0.2) is 0 Å². The molecule has 1 rings (SSSR count). The van der Waals surface area contributed by atoms with E-state index in [1.807, 2.05) is 20.8 Å². The monoisotopic (exact) mass is 198 g/mol. The highest BCUT2D eigenvalue weighted by Crippen LogP contribution is 2.16. The maximum atomic E-state index is 11.2. The molecule has 5 nitrogen and oxygen atoms in total. The van der Waals surface area contributed by atoms with Crippen LogP contribution in [0.1, 0.15) is 18.2 Å². The van der Waals surface area contributed by atoms with Gasteiger partial charge in [0.15, 0.2) is 0 Å². The maximum Gasteiger partial charge on any atom is 0.252 e. The average Bonchev–Trinajstić information content (AvgIpc) is 2.46. The number of amides is 1. The number of ether oxygens (including phenoxy) is 1. The van der Waals surface area contributed by atoms with Crippen LogP contribution >= 0.6 is 0 Å². The fraction of sp³-hybridized carbons (Fsp3) is 0.556. The normalized spacial score (nSPS) is 10.2. The molecule has 0 aliphatic heterocycles. The van der Waals surface area contributed by atoms with Crippen molar-refractivity contribution in [3.63, 3.8) is 0 Å². The van der Waals surface area contributed by atoms with Gasteiger partial charge in [0, 0.05) is 12.2 Å². The van der Waals surface area contributed by atoms with E-state index in [0.29, 0.717) is 12.5 Å². The third kappa shape index (κ3) is 2.56. The van der Waals surface area contributed by atoms with Crippen LogP contribution in [0.2, 0.25) is 0 Å². The SMILES string of the molecule is CCOCC(=O)Nc1onc(C)c1C. The number of nitrogens with one attached hydrogen (secondary N) is 1. The van der Waals surface area contributed by atoms with Crippen LogP contribution in [0.5, 0.6) is 0 Å². The Morgan fingerprint density at radius 2 is 2.29 bits per heavy atom. The lowest BCUT2D eigenvalue weighted by Gasteiger charge is -2.01. The van der Waals surface area contributed by atoms with E-state index in [-0.39, 0.29) is 12.5 Å². The minimum Gasteiger partial charge on any atom is -0.372 e. The van der Waals surface area contributed by atoms with Gasteiger partial charge in [-0.15, -0.1) is 0 Å². The average molecular weight is 198 g/mol. The molecule has 0 atom stereocenters. The van der Waals surface area contributed by atoms with Gasteiger partial charge in [0.2, 0.25) is 5.88 Å². The molecule has 0 fully saturated rings. The van der Waals surface area contributed by atoms with Crippen molar-refractivity contribution in [1.29, 1.82) is 0 Å². The summed E-state index contributed by atoms with van der Waals surface area (Å²) in [7, 11) is 0. The fourth-order valence-electron chi connectivity index (χ4n) is 0.889. The molecule has 0 saturated heterocycles. The van der Waals surface area contributed by atoms with Gasteiger partial charge in [-0.3, -0.25) is 10.1 Å². The zero-order chi connectivity index (χ0) is 10.6. The van der Waals surface area contributed by atoms with Gasteiger partial charge >= 0.3 is 0 Å². The summed E-state index contributed by atoms with van der Waals surface area (Å²) >= 11 is 0. The Labute approximate surface area is 82.4 Å². The molecule has 14 heavy (non-hydrogen) atoms. The van der Waals surface area contributed by atoms with Gasteiger partial charge in [-0.2, -0.15) is 0 Å². The number of hydrogen-bond acceptors (Lipinski definition) is 4. The Hall–Kier alpha value is -1.36. The summed E-state index contributed by atoms with van der Waals surface area (Å²) in [6, 6.07) is 0. The first kappa shape index (κ1) is 10.7. The van der Waals surface area contributed by atoms with Gasteiger partial charge in [-0.05, 0) is 20.8 Å². The molecule has 0 saturated carbocycles. The van der Waals surface area contributed by atoms with E-state index in [0.717, 1.165) is 11.3 Å². The number of aromatic nitrogens is 1. The van der Waals surface area contributed by atoms with Crippen LogP contribution in [0, 0.1) is 13.8 Å². The lowest BCUT2D eigenvalue weighted by Crippen LogP contribution is -2.18. The van der Waals surface area contributed by atoms with Crippen LogP contribution in [0.3, 0.4) is 0 Å². The van der Waals surface area contributed by atoms with Gasteiger partial charge in [0.05, 0.1) is 5.69 Å². The molecule has 5 heteroatoms. The van der Waals surface area contributed by atoms with Crippen molar-refractivity contribution in [2.45, 2.75) is 20.8 Å². The first-order valence-electron chi connectivity index (χ1n) is 4.45. The zero-order valence-electron chi connectivity index (χ0n) is 8.59. The lowest BCUT2D eigenvalue weighted by atomic mass is 10.3. The number of carbonyl (C=O) groups is 1. The van der Waals surface area contributed by atoms with E-state index in [2.05, 4.69) is 10.5 Å². The molecule has 0 radical (unpaired) electrons. The molecule has 1 aromatic rings. The van der Waals surface area contributed by atoms with Crippen LogP contribution in [0.15, 0.2) is 4.52 Å². The Kier molecular flexibility index (Phi) is 3.64. The van der Waals surface area contributed by atoms with Gasteiger partial charge in [-0.1, -0.05) is 5.16 Å². The molecule has 1 aromatic heterocycles. The van der Waals surface area contributed by atoms with Crippen molar-refractivity contribution in [3.05, 3.63) is 11.3 Å². The number of anilines is 1. The maximum absolute atomic E-state index is 11.2. The van der Waals surface area contributed by atoms with E-state index in [1.54, 1.807) is 0 Å². The van der Waals surface area contributed by atoms with E-state index in [1.165, 1.54) is 0 Å². The number of hydrogen-bond donors (Lipinski definition) is 1. The quantitative estimate of drug-likeness (QED) is 0.791. The number of carbonyl (C=O) groups excluding carboxylic acids is 1. The Morgan fingerprint density at radius 3 is 2.79 bits per heavy atom. The molecule has 0 bridgehead atoms. The highest BCUT2D eigenvalue weighted by Gasteiger charge is 2.11. The van der Waals surface area contributed by atoms with E-state index < -0.39 is 0 Å². The molecule has 1 amide bonds. The van der Waals surface area contributed by atoms with Gasteiger partial charge in [0.1, 0.15) is 6.61 Å². The number of aryl methyl sites for hydroxylation is 1. The summed E-state index contributed by atoms with van der Waals surface area (Å²) in [5.41, 5.74) is 1.62. The standard InChI is InChI=1S/C9H14N2O3/c1-4-13-5-8(12)10-9-6(2)7(3)11-14-9/h4-5H2,1-3H3,(H,10,12). The van der Waals surface area contributed by atoms with Gasteiger partial charge in [0.25, 0.3) is 5.91 Å². The highest BCUT2D eigenvalue weighted by atomic mass is 16.5. The number of nitrogens with zero attached hydrogens (tertiary/aromatic N) is 1. The zero-order valence-corrected chi connectivity index (χ0v) is 8.59. The molecular formula is C9H14N2O3. The topological polar surface area (TPSA) is 64.4 Å². The van der Waals surface area contributed by atoms with Crippen molar-refractivity contribution in [2.75, 3.05) is 18.5 Å². The first-order chi connectivity index (χ1) is 6.65. The molecule has 0 spiro atoms. The lowest BCUT2D eigenvalue weighted by molar-refractivity contribution is -0.120. The van der Waals surface area contributed by atoms with Gasteiger partial charge < -0.3 is 9.26 Å². The summed E-state index contributed by atoms with van der Waals surface area (Å²) in [4.78, 5) is 11.2. The minimum atomic E-state index is -0.230. The predicted molar refractivity (Wildman–Crippen MR) is 51.1 cm³/mol. The molecular weight excluding hydrogens is 184 g/mol. The summed E-state index contributed by atoms with van der Waals surface area (Å²) in [6.07, 6.45) is 0. The first-order valence-corrected chi connectivity index (χ1v) is 4.45. The summed E-state index contributed by atoms with van der Waals surface area (Å²) < 4.78 is 9.85. The summed E-state index contributed by atoms with van der Waals surface area (Å²) in [5, 5.41) is 6.29. The second kappa shape index (κ2) is 4.76. The Bertz CT molecular complexity index is 320. The van der Waals surface area contributed by atoms with Crippen molar-refractivity contribution < 1.29 is 14.1 Å². The molecule has 0 aromatic carbocycles. The summed E-state index contributed by atoms with van der Waals surface area (Å²) in [5.74, 6) is 0.165. The van der Waals surface area contributed by atoms with E-state index >= 15 is 0 Å². The van der Waals surface area contributed by atoms with Crippen molar-refractivity contribution >= 4 is 11.8 Å². The largest absolute Gasteiger partial charge is 0.372 e. The second-order valence-corrected chi connectivity index (χ2v) is 2.91. The van der Waals surface area contributed by atoms with E-state index in [9.17, 15) is 4.79 Å². The second-order valence-electron chi connectivity index (χ2n) is 2.91. The number of rotatable bonds is 4. The summed E-state index contributed by atoms with van der Waals surface area (Å²) in [6.45, 7) is 6.04. The molecule has 0 aliphatic carbocycles. The molecule has 0 aliphatic rings. The van der Waals surface area contributed by atoms with Crippen molar-refractivity contribution in [2.24, 2.45) is 0 Å². The van der Waals surface area contributed by atoms with E-state index in [4.69, 9.17) is 9.26 Å². The molecule has 1 N–H and O–H groups in total. The van der Waals surface area contributed by atoms with Crippen molar-refractivity contribution in [3.8, 4) is 0 Å². The fourth-order valence-corrected chi connectivity index (χ4v) is 0.889. The highest BCUT2D eigenvalue weighted by molar-refractivity contribution is 5.91.